The van der Waals surface area contributed by atoms with Crippen LogP contribution in [0.4, 0.5) is 5.69 Å². The number of aryl methyl sites for hydroxylation is 1. The quantitative estimate of drug-likeness (QED) is 0.656. The molecule has 21 heavy (non-hydrogen) atoms. The first-order valence-electron chi connectivity index (χ1n) is 7.05. The molecule has 3 aromatic rings. The fourth-order valence-electron chi connectivity index (χ4n) is 2.45. The molecule has 0 aliphatic heterocycles. The van der Waals surface area contributed by atoms with Gasteiger partial charge in [-0.05, 0) is 49.2 Å². The SMILES string of the molecule is CCC(Nc1ccc2nc(C)sc2c1)c1ccc(Cl)cc1. The van der Waals surface area contributed by atoms with Gasteiger partial charge >= 0.3 is 0 Å². The van der Waals surface area contributed by atoms with Gasteiger partial charge in [0.1, 0.15) is 0 Å². The van der Waals surface area contributed by atoms with Gasteiger partial charge in [-0.3, -0.25) is 0 Å². The zero-order valence-electron chi connectivity index (χ0n) is 12.1. The summed E-state index contributed by atoms with van der Waals surface area (Å²) in [5.41, 5.74) is 3.46. The lowest BCUT2D eigenvalue weighted by Crippen LogP contribution is -2.09. The Morgan fingerprint density at radius 1 is 1.19 bits per heavy atom. The molecule has 1 unspecified atom stereocenters. The van der Waals surface area contributed by atoms with Gasteiger partial charge in [0.25, 0.3) is 0 Å². The van der Waals surface area contributed by atoms with E-state index < -0.39 is 0 Å². The number of thiazole rings is 1. The second-order valence-corrected chi connectivity index (χ2v) is 6.74. The van der Waals surface area contributed by atoms with Crippen molar-refractivity contribution in [2.24, 2.45) is 0 Å². The van der Waals surface area contributed by atoms with Gasteiger partial charge in [-0.2, -0.15) is 0 Å². The van der Waals surface area contributed by atoms with Crippen LogP contribution in [0.25, 0.3) is 10.2 Å². The van der Waals surface area contributed by atoms with E-state index in [0.29, 0.717) is 0 Å². The zero-order valence-corrected chi connectivity index (χ0v) is 13.6. The molecule has 4 heteroatoms. The summed E-state index contributed by atoms with van der Waals surface area (Å²) >= 11 is 7.69. The molecule has 2 nitrogen and oxygen atoms in total. The Morgan fingerprint density at radius 3 is 2.67 bits per heavy atom. The molecule has 0 bridgehead atoms. The Morgan fingerprint density at radius 2 is 1.95 bits per heavy atom. The van der Waals surface area contributed by atoms with Crippen LogP contribution in [0.3, 0.4) is 0 Å². The van der Waals surface area contributed by atoms with Crippen molar-refractivity contribution in [3.05, 3.63) is 58.1 Å². The molecule has 0 aliphatic rings. The monoisotopic (exact) mass is 316 g/mol. The van der Waals surface area contributed by atoms with Gasteiger partial charge in [0, 0.05) is 10.7 Å². The Hall–Kier alpha value is -1.58. The van der Waals surface area contributed by atoms with Crippen LogP contribution >= 0.6 is 22.9 Å². The van der Waals surface area contributed by atoms with Crippen LogP contribution in [0, 0.1) is 6.92 Å². The van der Waals surface area contributed by atoms with E-state index in [1.165, 1.54) is 10.3 Å². The van der Waals surface area contributed by atoms with Crippen LogP contribution < -0.4 is 5.32 Å². The van der Waals surface area contributed by atoms with E-state index >= 15 is 0 Å². The number of fused-ring (bicyclic) bond motifs is 1. The van der Waals surface area contributed by atoms with E-state index in [2.05, 4.69) is 47.6 Å². The Balaban J connectivity index is 1.86. The predicted molar refractivity (Wildman–Crippen MR) is 92.5 cm³/mol. The maximum Gasteiger partial charge on any atom is 0.0907 e. The molecule has 0 fully saturated rings. The largest absolute Gasteiger partial charge is 0.378 e. The van der Waals surface area contributed by atoms with Crippen molar-refractivity contribution in [1.29, 1.82) is 0 Å². The van der Waals surface area contributed by atoms with Crippen molar-refractivity contribution in [2.75, 3.05) is 5.32 Å². The maximum atomic E-state index is 5.96. The molecule has 1 atom stereocenters. The summed E-state index contributed by atoms with van der Waals surface area (Å²) in [5, 5.41) is 5.48. The Kier molecular flexibility index (Phi) is 4.13. The molecule has 0 saturated heterocycles. The summed E-state index contributed by atoms with van der Waals surface area (Å²) in [7, 11) is 0. The minimum absolute atomic E-state index is 0.286. The first kappa shape index (κ1) is 14.4. The number of anilines is 1. The number of hydrogen-bond donors (Lipinski definition) is 1. The molecule has 1 aromatic heterocycles. The number of hydrogen-bond acceptors (Lipinski definition) is 3. The zero-order chi connectivity index (χ0) is 14.8. The topological polar surface area (TPSA) is 24.9 Å². The van der Waals surface area contributed by atoms with E-state index in [0.717, 1.165) is 27.7 Å². The summed E-state index contributed by atoms with van der Waals surface area (Å²) in [6.45, 7) is 4.22. The van der Waals surface area contributed by atoms with Gasteiger partial charge in [-0.1, -0.05) is 30.7 Å². The fourth-order valence-corrected chi connectivity index (χ4v) is 3.44. The summed E-state index contributed by atoms with van der Waals surface area (Å²) < 4.78 is 1.23. The highest BCUT2D eigenvalue weighted by molar-refractivity contribution is 7.18. The molecule has 0 amide bonds. The van der Waals surface area contributed by atoms with Crippen molar-refractivity contribution >= 4 is 38.8 Å². The highest BCUT2D eigenvalue weighted by Crippen LogP contribution is 2.28. The van der Waals surface area contributed by atoms with Crippen molar-refractivity contribution in [3.8, 4) is 0 Å². The molecule has 1 heterocycles. The summed E-state index contributed by atoms with van der Waals surface area (Å²) in [6, 6.07) is 14.7. The smallest absolute Gasteiger partial charge is 0.0907 e. The second kappa shape index (κ2) is 6.04. The van der Waals surface area contributed by atoms with Crippen molar-refractivity contribution in [3.63, 3.8) is 0 Å². The third-order valence-corrected chi connectivity index (χ3v) is 4.70. The van der Waals surface area contributed by atoms with Crippen molar-refractivity contribution < 1.29 is 0 Å². The van der Waals surface area contributed by atoms with Gasteiger partial charge in [0.15, 0.2) is 0 Å². The Bertz CT molecular complexity index is 749. The summed E-state index contributed by atoms with van der Waals surface area (Å²) in [4.78, 5) is 4.50. The first-order valence-corrected chi connectivity index (χ1v) is 8.24. The third-order valence-electron chi connectivity index (χ3n) is 3.52. The second-order valence-electron chi connectivity index (χ2n) is 5.07. The van der Waals surface area contributed by atoms with Crippen LogP contribution in [0.5, 0.6) is 0 Å². The number of aromatic nitrogens is 1. The first-order chi connectivity index (χ1) is 10.2. The normalized spacial score (nSPS) is 12.5. The lowest BCUT2D eigenvalue weighted by molar-refractivity contribution is 0.750. The molecule has 1 N–H and O–H groups in total. The van der Waals surface area contributed by atoms with Crippen LogP contribution in [-0.4, -0.2) is 4.98 Å². The molecular weight excluding hydrogens is 300 g/mol. The van der Waals surface area contributed by atoms with Gasteiger partial charge in [0.2, 0.25) is 0 Å². The average molecular weight is 317 g/mol. The van der Waals surface area contributed by atoms with E-state index in [4.69, 9.17) is 11.6 Å². The minimum atomic E-state index is 0.286. The van der Waals surface area contributed by atoms with Gasteiger partial charge in [-0.15, -0.1) is 11.3 Å². The third kappa shape index (κ3) is 3.20. The van der Waals surface area contributed by atoms with Crippen LogP contribution in [-0.2, 0) is 0 Å². The van der Waals surface area contributed by atoms with Crippen LogP contribution in [0.1, 0.15) is 30.0 Å². The molecular formula is C17H17ClN2S. The molecule has 3 rings (SSSR count). The molecule has 0 radical (unpaired) electrons. The minimum Gasteiger partial charge on any atom is -0.378 e. The number of nitrogens with zero attached hydrogens (tertiary/aromatic N) is 1. The molecule has 108 valence electrons. The molecule has 0 spiro atoms. The summed E-state index contributed by atoms with van der Waals surface area (Å²) in [5.74, 6) is 0. The lowest BCUT2D eigenvalue weighted by atomic mass is 10.0. The van der Waals surface area contributed by atoms with E-state index in [1.54, 1.807) is 11.3 Å². The molecule has 0 aliphatic carbocycles. The van der Waals surface area contributed by atoms with Gasteiger partial charge in [-0.25, -0.2) is 4.98 Å². The fraction of sp³-hybridized carbons (Fsp3) is 0.235. The van der Waals surface area contributed by atoms with E-state index in [9.17, 15) is 0 Å². The van der Waals surface area contributed by atoms with Crippen LogP contribution in [0.15, 0.2) is 42.5 Å². The Labute approximate surface area is 133 Å². The summed E-state index contributed by atoms with van der Waals surface area (Å²) in [6.07, 6.45) is 1.02. The van der Waals surface area contributed by atoms with E-state index in [-0.39, 0.29) is 6.04 Å². The highest BCUT2D eigenvalue weighted by atomic mass is 35.5. The van der Waals surface area contributed by atoms with Crippen molar-refractivity contribution in [1.82, 2.24) is 4.98 Å². The van der Waals surface area contributed by atoms with Gasteiger partial charge < -0.3 is 5.32 Å². The van der Waals surface area contributed by atoms with E-state index in [1.807, 2.05) is 19.1 Å². The van der Waals surface area contributed by atoms with Crippen molar-refractivity contribution in [2.45, 2.75) is 26.3 Å². The highest BCUT2D eigenvalue weighted by Gasteiger charge is 2.10. The molecule has 0 saturated carbocycles. The standard InChI is InChI=1S/C17H17ClN2S/c1-3-15(12-4-6-13(18)7-5-12)20-14-8-9-16-17(10-14)21-11(2)19-16/h4-10,15,20H,3H2,1-2H3. The van der Waals surface area contributed by atoms with Crippen LogP contribution in [0.2, 0.25) is 5.02 Å². The van der Waals surface area contributed by atoms with Gasteiger partial charge in [0.05, 0.1) is 21.3 Å². The lowest BCUT2D eigenvalue weighted by Gasteiger charge is -2.19. The maximum absolute atomic E-state index is 5.96. The number of halogens is 1. The predicted octanol–water partition coefficient (Wildman–Crippen LogP) is 5.82. The average Bonchev–Trinajstić information content (AvgIpc) is 2.85. The number of benzene rings is 2. The number of nitrogens with one attached hydrogen (secondary N) is 1. The molecule has 2 aromatic carbocycles. The number of rotatable bonds is 4.